The van der Waals surface area contributed by atoms with Gasteiger partial charge >= 0.3 is 0 Å². The summed E-state index contributed by atoms with van der Waals surface area (Å²) in [6.45, 7) is 3.62. The summed E-state index contributed by atoms with van der Waals surface area (Å²) in [7, 11) is 0. The van der Waals surface area contributed by atoms with Gasteiger partial charge in [0.05, 0.1) is 0 Å². The van der Waals surface area contributed by atoms with Crippen LogP contribution in [0.25, 0.3) is 0 Å². The minimum atomic E-state index is 0.496. The fraction of sp³-hybridized carbons (Fsp3) is 0.500. The summed E-state index contributed by atoms with van der Waals surface area (Å²) in [4.78, 5) is 0. The van der Waals surface area contributed by atoms with Crippen molar-refractivity contribution in [3.05, 3.63) is 11.6 Å². The minimum Gasteiger partial charge on any atom is -0.368 e. The number of aromatic nitrogens is 3. The fourth-order valence-electron chi connectivity index (χ4n) is 1.21. The normalized spacial score (nSPS) is 15.8. The molecule has 2 rings (SSSR count). The van der Waals surface area contributed by atoms with Crippen molar-refractivity contribution < 1.29 is 0 Å². The zero-order chi connectivity index (χ0) is 10.1. The van der Waals surface area contributed by atoms with Crippen LogP contribution in [0.15, 0.2) is 16.8 Å². The van der Waals surface area contributed by atoms with Crippen molar-refractivity contribution in [1.82, 2.24) is 14.8 Å². The lowest BCUT2D eigenvalue weighted by Gasteiger charge is -2.04. The van der Waals surface area contributed by atoms with E-state index in [-0.39, 0.29) is 0 Å². The molecule has 4 nitrogen and oxygen atoms in total. The first-order chi connectivity index (χ1) is 6.68. The number of halogens is 1. The molecular formula is C8H11ClN4S. The van der Waals surface area contributed by atoms with Gasteiger partial charge in [-0.15, -0.1) is 10.2 Å². The SMILES string of the molecule is C=C(Cl)CSc1nnc(N)n1C1CC1. The molecule has 2 N–H and O–H groups in total. The standard InChI is InChI=1S/C8H11ClN4S/c1-5(9)4-14-8-12-11-7(10)13(8)6-2-3-6/h6H,1-4H2,(H2,10,11). The molecule has 1 fully saturated rings. The van der Waals surface area contributed by atoms with E-state index in [1.807, 2.05) is 4.57 Å². The van der Waals surface area contributed by atoms with Crippen molar-refractivity contribution in [2.24, 2.45) is 0 Å². The average Bonchev–Trinajstić information content (AvgIpc) is 2.88. The maximum Gasteiger partial charge on any atom is 0.222 e. The summed E-state index contributed by atoms with van der Waals surface area (Å²) in [5, 5.41) is 9.30. The molecule has 0 unspecified atom stereocenters. The van der Waals surface area contributed by atoms with Crippen LogP contribution in [0.3, 0.4) is 0 Å². The van der Waals surface area contributed by atoms with Gasteiger partial charge in [-0.2, -0.15) is 0 Å². The second-order valence-corrected chi connectivity index (χ2v) is 4.72. The van der Waals surface area contributed by atoms with Gasteiger partial charge in [-0.1, -0.05) is 29.9 Å². The first kappa shape index (κ1) is 9.86. The number of anilines is 1. The molecule has 1 saturated carbocycles. The highest BCUT2D eigenvalue weighted by atomic mass is 35.5. The third-order valence-electron chi connectivity index (χ3n) is 1.96. The topological polar surface area (TPSA) is 56.7 Å². The summed E-state index contributed by atoms with van der Waals surface area (Å²) < 4.78 is 1.98. The lowest BCUT2D eigenvalue weighted by molar-refractivity contribution is 0.672. The number of nitrogen functional groups attached to an aromatic ring is 1. The van der Waals surface area contributed by atoms with Crippen LogP contribution in [0, 0.1) is 0 Å². The molecule has 0 saturated heterocycles. The van der Waals surface area contributed by atoms with Gasteiger partial charge in [0.2, 0.25) is 5.95 Å². The van der Waals surface area contributed by atoms with E-state index in [0.29, 0.717) is 22.8 Å². The Morgan fingerprint density at radius 1 is 1.64 bits per heavy atom. The molecule has 0 atom stereocenters. The highest BCUT2D eigenvalue weighted by molar-refractivity contribution is 7.99. The molecule has 1 aromatic rings. The Kier molecular flexibility index (Phi) is 2.69. The Hall–Kier alpha value is -0.680. The molecule has 1 aliphatic rings. The van der Waals surface area contributed by atoms with Crippen molar-refractivity contribution in [2.45, 2.75) is 24.0 Å². The van der Waals surface area contributed by atoms with E-state index >= 15 is 0 Å². The molecular weight excluding hydrogens is 220 g/mol. The van der Waals surface area contributed by atoms with E-state index in [9.17, 15) is 0 Å². The van der Waals surface area contributed by atoms with Gasteiger partial charge in [-0.05, 0) is 12.8 Å². The predicted octanol–water partition coefficient (Wildman–Crippen LogP) is 2.04. The van der Waals surface area contributed by atoms with Gasteiger partial charge in [0.15, 0.2) is 5.16 Å². The van der Waals surface area contributed by atoms with Gasteiger partial charge < -0.3 is 5.73 Å². The number of hydrogen-bond donors (Lipinski definition) is 1. The highest BCUT2D eigenvalue weighted by Crippen LogP contribution is 2.39. The average molecular weight is 231 g/mol. The first-order valence-electron chi connectivity index (χ1n) is 4.35. The van der Waals surface area contributed by atoms with Crippen LogP contribution in [0.5, 0.6) is 0 Å². The minimum absolute atomic E-state index is 0.496. The second kappa shape index (κ2) is 3.82. The number of nitrogens with zero attached hydrogens (tertiary/aromatic N) is 3. The second-order valence-electron chi connectivity index (χ2n) is 3.25. The van der Waals surface area contributed by atoms with Crippen LogP contribution in [0.4, 0.5) is 5.95 Å². The lowest BCUT2D eigenvalue weighted by atomic mass is 10.7. The summed E-state index contributed by atoms with van der Waals surface area (Å²) in [6.07, 6.45) is 2.33. The van der Waals surface area contributed by atoms with Gasteiger partial charge in [-0.3, -0.25) is 4.57 Å². The van der Waals surface area contributed by atoms with Crippen molar-refractivity contribution >= 4 is 29.3 Å². The summed E-state index contributed by atoms with van der Waals surface area (Å²) in [5.41, 5.74) is 5.71. The molecule has 6 heteroatoms. The zero-order valence-electron chi connectivity index (χ0n) is 7.61. The molecule has 0 spiro atoms. The number of rotatable bonds is 4. The van der Waals surface area contributed by atoms with Gasteiger partial charge in [0, 0.05) is 16.8 Å². The summed E-state index contributed by atoms with van der Waals surface area (Å²) in [5.74, 6) is 1.14. The molecule has 0 aliphatic heterocycles. The molecule has 76 valence electrons. The molecule has 1 aliphatic carbocycles. The van der Waals surface area contributed by atoms with Gasteiger partial charge in [-0.25, -0.2) is 0 Å². The van der Waals surface area contributed by atoms with Crippen molar-refractivity contribution in [1.29, 1.82) is 0 Å². The lowest BCUT2D eigenvalue weighted by Crippen LogP contribution is -2.02. The zero-order valence-corrected chi connectivity index (χ0v) is 9.18. The quantitative estimate of drug-likeness (QED) is 0.805. The summed E-state index contributed by atoms with van der Waals surface area (Å²) in [6, 6.07) is 0.496. The van der Waals surface area contributed by atoms with E-state index in [2.05, 4.69) is 16.8 Å². The van der Waals surface area contributed by atoms with E-state index in [1.165, 1.54) is 11.8 Å². The largest absolute Gasteiger partial charge is 0.368 e. The van der Waals surface area contributed by atoms with Crippen molar-refractivity contribution in [3.8, 4) is 0 Å². The van der Waals surface area contributed by atoms with Crippen LogP contribution < -0.4 is 5.73 Å². The van der Waals surface area contributed by atoms with Crippen LogP contribution in [-0.2, 0) is 0 Å². The third-order valence-corrected chi connectivity index (χ3v) is 3.28. The van der Waals surface area contributed by atoms with Crippen LogP contribution in [0.1, 0.15) is 18.9 Å². The first-order valence-corrected chi connectivity index (χ1v) is 5.71. The molecule has 1 heterocycles. The smallest absolute Gasteiger partial charge is 0.222 e. The van der Waals surface area contributed by atoms with E-state index in [4.69, 9.17) is 17.3 Å². The van der Waals surface area contributed by atoms with E-state index < -0.39 is 0 Å². The van der Waals surface area contributed by atoms with Gasteiger partial charge in [0.25, 0.3) is 0 Å². The Morgan fingerprint density at radius 2 is 2.36 bits per heavy atom. The van der Waals surface area contributed by atoms with Crippen LogP contribution in [-0.4, -0.2) is 20.5 Å². The molecule has 0 amide bonds. The fourth-order valence-corrected chi connectivity index (χ4v) is 2.14. The van der Waals surface area contributed by atoms with Crippen molar-refractivity contribution in [3.63, 3.8) is 0 Å². The number of hydrogen-bond acceptors (Lipinski definition) is 4. The monoisotopic (exact) mass is 230 g/mol. The Bertz CT molecular complexity index is 358. The third kappa shape index (κ3) is 2.04. The maximum absolute atomic E-state index is 5.71. The molecule has 0 aromatic carbocycles. The predicted molar refractivity (Wildman–Crippen MR) is 58.4 cm³/mol. The molecule has 0 bridgehead atoms. The number of nitrogens with two attached hydrogens (primary N) is 1. The maximum atomic E-state index is 5.71. The Morgan fingerprint density at radius 3 is 2.93 bits per heavy atom. The van der Waals surface area contributed by atoms with E-state index in [1.54, 1.807) is 0 Å². The Labute approximate surface area is 91.5 Å². The van der Waals surface area contributed by atoms with Crippen LogP contribution >= 0.6 is 23.4 Å². The molecule has 1 aromatic heterocycles. The summed E-state index contributed by atoms with van der Waals surface area (Å²) >= 11 is 7.20. The van der Waals surface area contributed by atoms with E-state index in [0.717, 1.165) is 18.0 Å². The van der Waals surface area contributed by atoms with Gasteiger partial charge in [0.1, 0.15) is 0 Å². The molecule has 14 heavy (non-hydrogen) atoms. The Balaban J connectivity index is 2.12. The molecule has 0 radical (unpaired) electrons. The van der Waals surface area contributed by atoms with Crippen molar-refractivity contribution in [2.75, 3.05) is 11.5 Å². The van der Waals surface area contributed by atoms with Crippen LogP contribution in [0.2, 0.25) is 0 Å². The highest BCUT2D eigenvalue weighted by Gasteiger charge is 2.28. The number of thioether (sulfide) groups is 1.